The molecule has 2 fully saturated rings. The highest BCUT2D eigenvalue weighted by Gasteiger charge is 2.62. The van der Waals surface area contributed by atoms with Gasteiger partial charge in [0.1, 0.15) is 30.5 Å². The van der Waals surface area contributed by atoms with Crippen LogP contribution >= 0.6 is 0 Å². The van der Waals surface area contributed by atoms with E-state index in [1.807, 2.05) is 27.7 Å². The lowest BCUT2D eigenvalue weighted by atomic mass is 9.46. The molecule has 0 aromatic carbocycles. The lowest BCUT2D eigenvalue weighted by Gasteiger charge is -2.61. The first kappa shape index (κ1) is 40.9. The van der Waals surface area contributed by atoms with Gasteiger partial charge in [-0.15, -0.1) is 0 Å². The number of ketones is 1. The second kappa shape index (κ2) is 15.8. The van der Waals surface area contributed by atoms with Gasteiger partial charge in [-0.2, -0.15) is 0 Å². The molecule has 1 heterocycles. The summed E-state index contributed by atoms with van der Waals surface area (Å²) in [6.45, 7) is 13.1. The van der Waals surface area contributed by atoms with E-state index in [-0.39, 0.29) is 36.2 Å². The minimum Gasteiger partial charge on any atom is -0.481 e. The standard InChI is InChI=1S/C36H56O13/c1-9-21(16-37)27(41)20(4)36(8,46)33(45)49-31-23(47-32-30(44)29(43)28(42)24(17-38)48-32)15-35(7)22(12-10-18(2)14-26(39)40)19(3)11-13-25(35)34(31,5)6/h9,11,16,18,20,22-25,28-32,38,42-44,46H,10,12-15,17H2,1-8H3,(H,39,40)/b21-9-/t18-,20-,22+,23-,24+,25+,28+,29-,30+,31+,32+,35-,36+/m0/s1. The van der Waals surface area contributed by atoms with E-state index in [2.05, 4.69) is 13.0 Å². The van der Waals surface area contributed by atoms with Gasteiger partial charge in [-0.25, -0.2) is 4.79 Å². The van der Waals surface area contributed by atoms with Gasteiger partial charge in [0.05, 0.1) is 24.2 Å². The number of carboxylic acids is 1. The molecule has 1 aliphatic heterocycles. The van der Waals surface area contributed by atoms with Gasteiger partial charge >= 0.3 is 11.9 Å². The van der Waals surface area contributed by atoms with Crippen molar-refractivity contribution in [3.63, 3.8) is 0 Å². The van der Waals surface area contributed by atoms with Crippen molar-refractivity contribution in [1.82, 2.24) is 0 Å². The van der Waals surface area contributed by atoms with Crippen molar-refractivity contribution in [2.24, 2.45) is 34.5 Å². The Labute approximate surface area is 288 Å². The molecule has 0 unspecified atom stereocenters. The van der Waals surface area contributed by atoms with Gasteiger partial charge in [-0.1, -0.05) is 52.3 Å². The molecule has 49 heavy (non-hydrogen) atoms. The Balaban J connectivity index is 2.06. The molecule has 1 saturated heterocycles. The van der Waals surface area contributed by atoms with Crippen molar-refractivity contribution < 1.29 is 64.0 Å². The molecule has 13 nitrogen and oxygen atoms in total. The molecule has 0 radical (unpaired) electrons. The van der Waals surface area contributed by atoms with E-state index >= 15 is 0 Å². The zero-order valence-corrected chi connectivity index (χ0v) is 29.9. The van der Waals surface area contributed by atoms with Gasteiger partial charge in [0, 0.05) is 11.8 Å². The summed E-state index contributed by atoms with van der Waals surface area (Å²) in [5.74, 6) is -4.31. The van der Waals surface area contributed by atoms with Crippen LogP contribution in [-0.2, 0) is 33.4 Å². The molecule has 0 bridgehead atoms. The van der Waals surface area contributed by atoms with Crippen LogP contribution in [0.3, 0.4) is 0 Å². The monoisotopic (exact) mass is 696 g/mol. The topological polar surface area (TPSA) is 217 Å². The van der Waals surface area contributed by atoms with Gasteiger partial charge < -0.3 is 44.8 Å². The SMILES string of the molecule is C/C=C(/C=O)C(=O)[C@H](C)[C@@](C)(O)C(=O)O[C@@H]1[C@@H](O[C@@H]2O[C@H](CO)[C@@H](O)[C@H](O)[C@H]2O)C[C@@]2(C)[C@H](CC[C@H](C)CC(=O)O)C(C)=CC[C@@H]2C1(C)C. The molecule has 6 N–H and O–H groups in total. The zero-order chi connectivity index (χ0) is 37.2. The maximum absolute atomic E-state index is 13.8. The number of ether oxygens (including phenoxy) is 3. The Kier molecular flexibility index (Phi) is 13.2. The number of hydrogen-bond acceptors (Lipinski definition) is 12. The number of allylic oxidation sites excluding steroid dienone is 4. The first-order chi connectivity index (χ1) is 22.7. The fraction of sp³-hybridized carbons (Fsp3) is 0.778. The summed E-state index contributed by atoms with van der Waals surface area (Å²) >= 11 is 0. The van der Waals surface area contributed by atoms with Crippen LogP contribution in [0.4, 0.5) is 0 Å². The van der Waals surface area contributed by atoms with Gasteiger partial charge in [0.25, 0.3) is 0 Å². The van der Waals surface area contributed by atoms with Gasteiger partial charge in [-0.05, 0) is 69.6 Å². The van der Waals surface area contributed by atoms with Crippen LogP contribution in [0.1, 0.15) is 87.5 Å². The number of aliphatic hydroxyl groups is 5. The normalized spacial score (nSPS) is 37.1. The fourth-order valence-corrected chi connectivity index (χ4v) is 8.43. The fourth-order valence-electron chi connectivity index (χ4n) is 8.43. The molecule has 13 heteroatoms. The number of aliphatic carboxylic acids is 1. The molecule has 278 valence electrons. The third-order valence-corrected chi connectivity index (χ3v) is 11.7. The number of fused-ring (bicyclic) bond motifs is 1. The van der Waals surface area contributed by atoms with E-state index in [0.717, 1.165) is 12.5 Å². The Hall–Kier alpha value is -2.52. The van der Waals surface area contributed by atoms with Crippen molar-refractivity contribution in [3.05, 3.63) is 23.3 Å². The van der Waals surface area contributed by atoms with Gasteiger partial charge in [-0.3, -0.25) is 14.4 Å². The number of rotatable bonds is 14. The predicted molar refractivity (Wildman–Crippen MR) is 176 cm³/mol. The summed E-state index contributed by atoms with van der Waals surface area (Å²) in [7, 11) is 0. The number of Topliss-reactive ketones (excluding diaryl/α,β-unsaturated/α-hetero) is 1. The molecule has 13 atom stereocenters. The van der Waals surface area contributed by atoms with E-state index in [9.17, 15) is 49.8 Å². The van der Waals surface area contributed by atoms with E-state index in [1.54, 1.807) is 0 Å². The second-order valence-corrected chi connectivity index (χ2v) is 15.4. The van der Waals surface area contributed by atoms with Crippen molar-refractivity contribution in [1.29, 1.82) is 0 Å². The van der Waals surface area contributed by atoms with E-state index in [0.29, 0.717) is 25.5 Å². The molecule has 3 aliphatic rings. The number of aliphatic hydroxyl groups excluding tert-OH is 4. The average molecular weight is 697 g/mol. The third-order valence-electron chi connectivity index (χ3n) is 11.7. The Bertz CT molecular complexity index is 1290. The minimum absolute atomic E-state index is 0.0253. The Morgan fingerprint density at radius 1 is 1.12 bits per heavy atom. The number of esters is 1. The Morgan fingerprint density at radius 3 is 2.31 bits per heavy atom. The molecule has 0 aromatic rings. The van der Waals surface area contributed by atoms with Crippen molar-refractivity contribution in [3.8, 4) is 0 Å². The number of carboxylic acid groups (broad SMARTS) is 1. The van der Waals surface area contributed by atoms with Crippen LogP contribution in [0.25, 0.3) is 0 Å². The Morgan fingerprint density at radius 2 is 1.76 bits per heavy atom. The third kappa shape index (κ3) is 8.19. The zero-order valence-electron chi connectivity index (χ0n) is 29.9. The maximum atomic E-state index is 13.8. The number of hydrogen-bond donors (Lipinski definition) is 6. The van der Waals surface area contributed by atoms with E-state index in [4.69, 9.17) is 14.2 Å². The summed E-state index contributed by atoms with van der Waals surface area (Å²) in [4.78, 5) is 49.7. The first-order valence-corrected chi connectivity index (χ1v) is 17.1. The van der Waals surface area contributed by atoms with Gasteiger partial charge in [0.2, 0.25) is 0 Å². The second-order valence-electron chi connectivity index (χ2n) is 15.4. The van der Waals surface area contributed by atoms with Crippen LogP contribution in [0.2, 0.25) is 0 Å². The lowest BCUT2D eigenvalue weighted by Crippen LogP contribution is -2.65. The summed E-state index contributed by atoms with van der Waals surface area (Å²) in [6, 6.07) is 0. The summed E-state index contributed by atoms with van der Waals surface area (Å²) in [5, 5.41) is 62.3. The first-order valence-electron chi connectivity index (χ1n) is 17.1. The molecule has 2 aliphatic carbocycles. The molecule has 3 rings (SSSR count). The van der Waals surface area contributed by atoms with Crippen LogP contribution in [0.15, 0.2) is 23.3 Å². The smallest absolute Gasteiger partial charge is 0.338 e. The summed E-state index contributed by atoms with van der Waals surface area (Å²) in [6.07, 6.45) is -3.96. The molecular weight excluding hydrogens is 640 g/mol. The summed E-state index contributed by atoms with van der Waals surface area (Å²) in [5.41, 5.74) is -2.81. The van der Waals surface area contributed by atoms with Crippen LogP contribution < -0.4 is 0 Å². The highest BCUT2D eigenvalue weighted by atomic mass is 16.7. The molecule has 0 aromatic heterocycles. The summed E-state index contributed by atoms with van der Waals surface area (Å²) < 4.78 is 18.2. The highest BCUT2D eigenvalue weighted by Crippen LogP contribution is 2.62. The maximum Gasteiger partial charge on any atom is 0.338 e. The van der Waals surface area contributed by atoms with Crippen molar-refractivity contribution >= 4 is 24.0 Å². The largest absolute Gasteiger partial charge is 0.481 e. The molecule has 0 amide bonds. The lowest BCUT2D eigenvalue weighted by molar-refractivity contribution is -0.332. The quantitative estimate of drug-likeness (QED) is 0.0384. The average Bonchev–Trinajstić information content (AvgIpc) is 3.02. The number of aldehydes is 1. The van der Waals surface area contributed by atoms with Gasteiger partial charge in [0.15, 0.2) is 24.0 Å². The van der Waals surface area contributed by atoms with E-state index in [1.165, 1.54) is 19.9 Å². The number of carbonyl (C=O) groups is 4. The minimum atomic E-state index is -2.36. The van der Waals surface area contributed by atoms with Crippen molar-refractivity contribution in [2.75, 3.05) is 6.61 Å². The molecule has 0 spiro atoms. The highest BCUT2D eigenvalue weighted by molar-refractivity contribution is 6.14. The van der Waals surface area contributed by atoms with Crippen LogP contribution in [-0.4, -0.2) is 110 Å². The number of carbonyl (C=O) groups excluding carboxylic acids is 3. The van der Waals surface area contributed by atoms with Crippen LogP contribution in [0, 0.1) is 34.5 Å². The van der Waals surface area contributed by atoms with E-state index < -0.39 is 89.6 Å². The predicted octanol–water partition coefficient (Wildman–Crippen LogP) is 2.09. The molecule has 1 saturated carbocycles. The van der Waals surface area contributed by atoms with Crippen LogP contribution in [0.5, 0.6) is 0 Å². The van der Waals surface area contributed by atoms with Crippen molar-refractivity contribution in [2.45, 2.75) is 136 Å². The molecular formula is C36H56O13.